The fourth-order valence-electron chi connectivity index (χ4n) is 1.58. The molecular formula is C11H21N3O. The summed E-state index contributed by atoms with van der Waals surface area (Å²) in [5.41, 5.74) is -0.568. The molecule has 15 heavy (non-hydrogen) atoms. The number of hydrogen-bond donors (Lipinski definition) is 1. The summed E-state index contributed by atoms with van der Waals surface area (Å²) in [6.07, 6.45) is 8.29. The quantitative estimate of drug-likeness (QED) is 0.702. The Morgan fingerprint density at radius 2 is 2.13 bits per heavy atom. The second-order valence-corrected chi connectivity index (χ2v) is 4.36. The van der Waals surface area contributed by atoms with Gasteiger partial charge in [-0.15, -0.1) is 0 Å². The highest BCUT2D eigenvalue weighted by Gasteiger charge is 2.19. The van der Waals surface area contributed by atoms with Gasteiger partial charge in [-0.1, -0.05) is 26.2 Å². The molecule has 0 bridgehead atoms. The van der Waals surface area contributed by atoms with Crippen molar-refractivity contribution in [2.75, 3.05) is 0 Å². The van der Waals surface area contributed by atoms with Crippen LogP contribution in [0.2, 0.25) is 0 Å². The van der Waals surface area contributed by atoms with Crippen molar-refractivity contribution >= 4 is 0 Å². The molecule has 0 aliphatic carbocycles. The van der Waals surface area contributed by atoms with Gasteiger partial charge >= 0.3 is 0 Å². The molecule has 0 saturated heterocycles. The van der Waals surface area contributed by atoms with Crippen LogP contribution in [0.3, 0.4) is 0 Å². The second kappa shape index (κ2) is 5.85. The molecule has 1 aromatic heterocycles. The van der Waals surface area contributed by atoms with Gasteiger partial charge in [0.2, 0.25) is 0 Å². The summed E-state index contributed by atoms with van der Waals surface area (Å²) < 4.78 is 1.76. The van der Waals surface area contributed by atoms with E-state index in [0.717, 1.165) is 25.8 Å². The first kappa shape index (κ1) is 12.2. The van der Waals surface area contributed by atoms with Crippen LogP contribution in [0.25, 0.3) is 0 Å². The third-order valence-electron chi connectivity index (χ3n) is 2.66. The van der Waals surface area contributed by atoms with Crippen molar-refractivity contribution in [3.8, 4) is 0 Å². The van der Waals surface area contributed by atoms with Gasteiger partial charge in [0.05, 0.1) is 5.60 Å². The maximum Gasteiger partial charge on any atom is 0.137 e. The summed E-state index contributed by atoms with van der Waals surface area (Å²) in [6.45, 7) is 4.81. The first-order chi connectivity index (χ1) is 7.14. The number of aliphatic hydroxyl groups is 1. The van der Waals surface area contributed by atoms with E-state index >= 15 is 0 Å². The molecule has 0 fully saturated rings. The van der Waals surface area contributed by atoms with Gasteiger partial charge in [-0.25, -0.2) is 4.98 Å². The first-order valence-corrected chi connectivity index (χ1v) is 5.69. The number of nitrogens with zero attached hydrogens (tertiary/aromatic N) is 3. The summed E-state index contributed by atoms with van der Waals surface area (Å²) in [5.74, 6) is 0. The molecule has 1 unspecified atom stereocenters. The van der Waals surface area contributed by atoms with Crippen LogP contribution in [0.5, 0.6) is 0 Å². The third kappa shape index (κ3) is 4.93. The van der Waals surface area contributed by atoms with Crippen LogP contribution in [0, 0.1) is 0 Å². The Morgan fingerprint density at radius 3 is 2.73 bits per heavy atom. The molecule has 4 nitrogen and oxygen atoms in total. The number of hydrogen-bond acceptors (Lipinski definition) is 3. The van der Waals surface area contributed by atoms with E-state index in [2.05, 4.69) is 17.0 Å². The minimum Gasteiger partial charge on any atom is -0.390 e. The maximum atomic E-state index is 10.1. The van der Waals surface area contributed by atoms with Crippen molar-refractivity contribution < 1.29 is 5.11 Å². The van der Waals surface area contributed by atoms with Crippen LogP contribution >= 0.6 is 0 Å². The molecule has 0 saturated carbocycles. The summed E-state index contributed by atoms with van der Waals surface area (Å²) >= 11 is 0. The zero-order valence-corrected chi connectivity index (χ0v) is 9.69. The average molecular weight is 211 g/mol. The molecule has 0 aliphatic rings. The van der Waals surface area contributed by atoms with Gasteiger partial charge in [-0.3, -0.25) is 4.68 Å². The largest absolute Gasteiger partial charge is 0.390 e. The van der Waals surface area contributed by atoms with E-state index in [1.807, 2.05) is 6.92 Å². The van der Waals surface area contributed by atoms with Crippen LogP contribution in [0.4, 0.5) is 0 Å². The Labute approximate surface area is 91.3 Å². The fraction of sp³-hybridized carbons (Fsp3) is 0.818. The van der Waals surface area contributed by atoms with Crippen molar-refractivity contribution in [1.82, 2.24) is 14.8 Å². The molecule has 86 valence electrons. The molecule has 0 amide bonds. The van der Waals surface area contributed by atoms with E-state index in [1.165, 1.54) is 19.2 Å². The molecule has 0 aliphatic heterocycles. The highest BCUT2D eigenvalue weighted by molar-refractivity contribution is 4.72. The summed E-state index contributed by atoms with van der Waals surface area (Å²) in [7, 11) is 0. The van der Waals surface area contributed by atoms with E-state index < -0.39 is 5.60 Å². The van der Waals surface area contributed by atoms with Crippen LogP contribution < -0.4 is 0 Å². The highest BCUT2D eigenvalue weighted by atomic mass is 16.3. The molecule has 4 heteroatoms. The molecule has 1 aromatic rings. The lowest BCUT2D eigenvalue weighted by Gasteiger charge is -2.22. The van der Waals surface area contributed by atoms with Crippen molar-refractivity contribution in [1.29, 1.82) is 0 Å². The molecule has 0 radical (unpaired) electrons. The SMILES string of the molecule is CCCCCC(C)(O)CCn1cncn1. The third-order valence-corrected chi connectivity index (χ3v) is 2.66. The van der Waals surface area contributed by atoms with Crippen molar-refractivity contribution in [3.05, 3.63) is 12.7 Å². The Hall–Kier alpha value is -0.900. The zero-order valence-electron chi connectivity index (χ0n) is 9.69. The Morgan fingerprint density at radius 1 is 1.33 bits per heavy atom. The lowest BCUT2D eigenvalue weighted by Crippen LogP contribution is -2.26. The number of aromatic nitrogens is 3. The second-order valence-electron chi connectivity index (χ2n) is 4.36. The molecule has 1 N–H and O–H groups in total. The van der Waals surface area contributed by atoms with Gasteiger partial charge in [-0.05, 0) is 19.8 Å². The Bertz CT molecular complexity index is 257. The van der Waals surface area contributed by atoms with E-state index in [9.17, 15) is 5.11 Å². The topological polar surface area (TPSA) is 50.9 Å². The molecule has 0 aromatic carbocycles. The van der Waals surface area contributed by atoms with E-state index in [1.54, 1.807) is 11.0 Å². The van der Waals surface area contributed by atoms with Crippen molar-refractivity contribution in [3.63, 3.8) is 0 Å². The van der Waals surface area contributed by atoms with Gasteiger partial charge in [-0.2, -0.15) is 5.10 Å². The van der Waals surface area contributed by atoms with Crippen LogP contribution in [0.1, 0.15) is 46.0 Å². The molecule has 1 heterocycles. The first-order valence-electron chi connectivity index (χ1n) is 5.69. The Kier molecular flexibility index (Phi) is 4.75. The highest BCUT2D eigenvalue weighted by Crippen LogP contribution is 2.18. The van der Waals surface area contributed by atoms with Crippen molar-refractivity contribution in [2.45, 2.75) is 58.1 Å². The lowest BCUT2D eigenvalue weighted by atomic mass is 9.95. The number of rotatable bonds is 7. The van der Waals surface area contributed by atoms with E-state index in [4.69, 9.17) is 0 Å². The van der Waals surface area contributed by atoms with Crippen LogP contribution in [0.15, 0.2) is 12.7 Å². The zero-order chi connectivity index (χ0) is 11.1. The van der Waals surface area contributed by atoms with Crippen LogP contribution in [-0.4, -0.2) is 25.5 Å². The predicted octanol–water partition coefficient (Wildman–Crippen LogP) is 2.00. The predicted molar refractivity (Wildman–Crippen MR) is 59.4 cm³/mol. The lowest BCUT2D eigenvalue weighted by molar-refractivity contribution is 0.0341. The summed E-state index contributed by atoms with van der Waals surface area (Å²) in [4.78, 5) is 3.87. The average Bonchev–Trinajstić information content (AvgIpc) is 2.68. The maximum absolute atomic E-state index is 10.1. The monoisotopic (exact) mass is 211 g/mol. The van der Waals surface area contributed by atoms with Crippen LogP contribution in [-0.2, 0) is 6.54 Å². The minimum absolute atomic E-state index is 0.568. The number of unbranched alkanes of at least 4 members (excludes halogenated alkanes) is 2. The fourth-order valence-corrected chi connectivity index (χ4v) is 1.58. The standard InChI is InChI=1S/C11H21N3O/c1-3-4-5-6-11(2,15)7-8-14-10-12-9-13-14/h9-10,15H,3-8H2,1-2H3. The van der Waals surface area contributed by atoms with Gasteiger partial charge in [0.1, 0.15) is 12.7 Å². The minimum atomic E-state index is -0.568. The van der Waals surface area contributed by atoms with Gasteiger partial charge < -0.3 is 5.11 Å². The van der Waals surface area contributed by atoms with E-state index in [0.29, 0.717) is 0 Å². The molecular weight excluding hydrogens is 190 g/mol. The van der Waals surface area contributed by atoms with Gasteiger partial charge in [0, 0.05) is 6.54 Å². The molecule has 1 rings (SSSR count). The summed E-state index contributed by atoms with van der Waals surface area (Å²) in [6, 6.07) is 0. The molecule has 1 atom stereocenters. The van der Waals surface area contributed by atoms with Crippen molar-refractivity contribution in [2.24, 2.45) is 0 Å². The van der Waals surface area contributed by atoms with Gasteiger partial charge in [0.25, 0.3) is 0 Å². The number of aryl methyl sites for hydroxylation is 1. The van der Waals surface area contributed by atoms with E-state index in [-0.39, 0.29) is 0 Å². The Balaban J connectivity index is 2.23. The summed E-state index contributed by atoms with van der Waals surface area (Å²) in [5, 5.41) is 14.1. The normalized spacial score (nSPS) is 15.1. The molecule has 0 spiro atoms. The van der Waals surface area contributed by atoms with Gasteiger partial charge in [0.15, 0.2) is 0 Å². The smallest absolute Gasteiger partial charge is 0.137 e.